The molecule has 0 spiro atoms. The molecule has 4 nitrogen and oxygen atoms in total. The van der Waals surface area contributed by atoms with Gasteiger partial charge >= 0.3 is 0 Å². The smallest absolute Gasteiger partial charge is 0.262 e. The summed E-state index contributed by atoms with van der Waals surface area (Å²) >= 11 is 2.15. The highest BCUT2D eigenvalue weighted by Crippen LogP contribution is 2.23. The Morgan fingerprint density at radius 2 is 2.04 bits per heavy atom. The van der Waals surface area contributed by atoms with Crippen LogP contribution in [0.3, 0.4) is 0 Å². The predicted molar refractivity (Wildman–Crippen MR) is 107 cm³/mol. The summed E-state index contributed by atoms with van der Waals surface area (Å²) in [7, 11) is 0. The maximum atomic E-state index is 12.2. The third-order valence-corrected chi connectivity index (χ3v) is 4.13. The molecule has 0 aliphatic heterocycles. The molecule has 0 saturated heterocycles. The predicted octanol–water partition coefficient (Wildman–Crippen LogP) is 4.08. The molecule has 0 aliphatic rings. The van der Waals surface area contributed by atoms with Crippen molar-refractivity contribution in [3.8, 4) is 11.8 Å². The fraction of sp³-hybridized carbons (Fsp3) is 0.100. The van der Waals surface area contributed by atoms with E-state index in [2.05, 4.69) is 34.5 Å². The molecule has 1 amide bonds. The monoisotopic (exact) mass is 444 g/mol. The lowest BCUT2D eigenvalue weighted by Gasteiger charge is -2.07. The van der Waals surface area contributed by atoms with Gasteiger partial charge in [-0.15, -0.1) is 0 Å². The fourth-order valence-corrected chi connectivity index (χ4v) is 2.76. The van der Waals surface area contributed by atoms with E-state index in [1.165, 1.54) is 0 Å². The maximum Gasteiger partial charge on any atom is 0.262 e. The van der Waals surface area contributed by atoms with Crippen molar-refractivity contribution in [1.82, 2.24) is 5.32 Å². The Labute approximate surface area is 161 Å². The number of amides is 1. The number of nitrogens with zero attached hydrogens (tertiary/aromatic N) is 1. The normalized spacial score (nSPS) is 10.6. The van der Waals surface area contributed by atoms with Crippen LogP contribution in [0.2, 0.25) is 0 Å². The van der Waals surface area contributed by atoms with Crippen LogP contribution < -0.4 is 10.1 Å². The van der Waals surface area contributed by atoms with Crippen molar-refractivity contribution in [3.05, 3.63) is 81.5 Å². The Bertz CT molecular complexity index is 823. The van der Waals surface area contributed by atoms with Crippen LogP contribution in [-0.4, -0.2) is 12.5 Å². The zero-order chi connectivity index (χ0) is 18.1. The number of hydrogen-bond donors (Lipinski definition) is 1. The maximum absolute atomic E-state index is 12.2. The summed E-state index contributed by atoms with van der Waals surface area (Å²) in [4.78, 5) is 12.2. The third kappa shape index (κ3) is 5.76. The second-order valence-electron chi connectivity index (χ2n) is 5.13. The number of carbonyl (C=O) groups excluding carboxylic acids is 1. The number of carbonyl (C=O) groups is 1. The Morgan fingerprint density at radius 3 is 2.68 bits per heavy atom. The first-order valence-electron chi connectivity index (χ1n) is 7.61. The highest BCUT2D eigenvalue weighted by Gasteiger charge is 2.09. The van der Waals surface area contributed by atoms with Crippen LogP contribution in [0, 0.1) is 14.9 Å². The van der Waals surface area contributed by atoms with Crippen LogP contribution in [0.15, 0.2) is 66.8 Å². The van der Waals surface area contributed by atoms with Crippen LogP contribution in [0.1, 0.15) is 11.1 Å². The summed E-state index contributed by atoms with van der Waals surface area (Å²) in [6.45, 7) is 4.42. The largest absolute Gasteiger partial charge is 0.488 e. The minimum Gasteiger partial charge on any atom is -0.488 e. The first kappa shape index (κ1) is 18.7. The minimum atomic E-state index is -0.395. The van der Waals surface area contributed by atoms with Crippen molar-refractivity contribution in [2.24, 2.45) is 0 Å². The van der Waals surface area contributed by atoms with E-state index in [4.69, 9.17) is 4.74 Å². The van der Waals surface area contributed by atoms with Gasteiger partial charge in [-0.05, 0) is 51.9 Å². The van der Waals surface area contributed by atoms with Crippen LogP contribution in [0.25, 0.3) is 6.08 Å². The summed E-state index contributed by atoms with van der Waals surface area (Å²) < 4.78 is 6.42. The quantitative estimate of drug-likeness (QED) is 0.303. The first-order chi connectivity index (χ1) is 12.1. The van der Waals surface area contributed by atoms with Gasteiger partial charge in [-0.3, -0.25) is 4.79 Å². The van der Waals surface area contributed by atoms with Crippen LogP contribution in [-0.2, 0) is 11.3 Å². The average molecular weight is 444 g/mol. The molecule has 0 aliphatic carbocycles. The van der Waals surface area contributed by atoms with E-state index >= 15 is 0 Å². The molecule has 2 aromatic carbocycles. The Balaban J connectivity index is 2.08. The number of nitriles is 1. The molecule has 0 radical (unpaired) electrons. The molecule has 25 heavy (non-hydrogen) atoms. The van der Waals surface area contributed by atoms with Crippen molar-refractivity contribution in [2.45, 2.75) is 6.54 Å². The highest BCUT2D eigenvalue weighted by atomic mass is 127. The van der Waals surface area contributed by atoms with Crippen LogP contribution in [0.4, 0.5) is 0 Å². The number of benzene rings is 2. The van der Waals surface area contributed by atoms with E-state index in [9.17, 15) is 10.1 Å². The van der Waals surface area contributed by atoms with Gasteiger partial charge in [0.15, 0.2) is 0 Å². The van der Waals surface area contributed by atoms with E-state index in [-0.39, 0.29) is 5.57 Å². The van der Waals surface area contributed by atoms with Crippen LogP contribution >= 0.6 is 22.6 Å². The standard InChI is InChI=1S/C20H17IN2O2/c1-2-10-25-19-9-8-16(12-18(19)21)11-17(13-22)20(24)23-14-15-6-4-3-5-7-15/h2-9,11-12H,1,10,14H2,(H,23,24)/b17-11-. The molecule has 0 unspecified atom stereocenters. The second kappa shape index (κ2) is 9.64. The number of ether oxygens (including phenoxy) is 1. The summed E-state index contributed by atoms with van der Waals surface area (Å²) in [5, 5.41) is 12.0. The van der Waals surface area contributed by atoms with Gasteiger partial charge in [0.2, 0.25) is 0 Å². The second-order valence-corrected chi connectivity index (χ2v) is 6.29. The molecule has 126 valence electrons. The van der Waals surface area contributed by atoms with Gasteiger partial charge in [0.1, 0.15) is 24.0 Å². The van der Waals surface area contributed by atoms with Crippen molar-refractivity contribution in [2.75, 3.05) is 6.61 Å². The fourth-order valence-electron chi connectivity index (χ4n) is 2.06. The van der Waals surface area contributed by atoms with Crippen LogP contribution in [0.5, 0.6) is 5.75 Å². The number of hydrogen-bond acceptors (Lipinski definition) is 3. The molecule has 2 aromatic rings. The van der Waals surface area contributed by atoms with Crippen molar-refractivity contribution >= 4 is 34.6 Å². The lowest BCUT2D eigenvalue weighted by Crippen LogP contribution is -2.23. The SMILES string of the molecule is C=CCOc1ccc(/C=C(/C#N)C(=O)NCc2ccccc2)cc1I. The zero-order valence-electron chi connectivity index (χ0n) is 13.5. The molecule has 1 N–H and O–H groups in total. The summed E-state index contributed by atoms with van der Waals surface area (Å²) in [5.41, 5.74) is 1.81. The van der Waals surface area contributed by atoms with Gasteiger partial charge in [-0.1, -0.05) is 49.1 Å². The first-order valence-corrected chi connectivity index (χ1v) is 8.69. The molecule has 2 rings (SSSR count). The lowest BCUT2D eigenvalue weighted by molar-refractivity contribution is -0.117. The van der Waals surface area contributed by atoms with Crippen molar-refractivity contribution in [1.29, 1.82) is 5.26 Å². The molecule has 0 heterocycles. The number of nitrogens with one attached hydrogen (secondary N) is 1. The van der Waals surface area contributed by atoms with Gasteiger partial charge in [-0.2, -0.15) is 5.26 Å². The topological polar surface area (TPSA) is 62.1 Å². The van der Waals surface area contributed by atoms with Gasteiger partial charge in [0.25, 0.3) is 5.91 Å². The van der Waals surface area contributed by atoms with E-state index in [1.807, 2.05) is 54.6 Å². The average Bonchev–Trinajstić information content (AvgIpc) is 2.64. The Hall–Kier alpha value is -2.59. The third-order valence-electron chi connectivity index (χ3n) is 3.28. The molecular weight excluding hydrogens is 427 g/mol. The molecule has 5 heteroatoms. The van der Waals surface area contributed by atoms with Crippen molar-refractivity contribution < 1.29 is 9.53 Å². The lowest BCUT2D eigenvalue weighted by atomic mass is 10.1. The van der Waals surface area contributed by atoms with Crippen molar-refractivity contribution in [3.63, 3.8) is 0 Å². The molecule has 0 fully saturated rings. The van der Waals surface area contributed by atoms with E-state index in [0.717, 1.165) is 20.4 Å². The highest BCUT2D eigenvalue weighted by molar-refractivity contribution is 14.1. The molecule has 0 aromatic heterocycles. The van der Waals surface area contributed by atoms with Gasteiger partial charge in [0.05, 0.1) is 3.57 Å². The van der Waals surface area contributed by atoms with Gasteiger partial charge < -0.3 is 10.1 Å². The van der Waals surface area contributed by atoms with E-state index < -0.39 is 5.91 Å². The van der Waals surface area contributed by atoms with Gasteiger partial charge in [0, 0.05) is 6.54 Å². The molecule has 0 bridgehead atoms. The van der Waals surface area contributed by atoms with E-state index in [1.54, 1.807) is 12.2 Å². The Morgan fingerprint density at radius 1 is 1.28 bits per heavy atom. The summed E-state index contributed by atoms with van der Waals surface area (Å²) in [6, 6.07) is 17.0. The number of halogens is 1. The van der Waals surface area contributed by atoms with Gasteiger partial charge in [-0.25, -0.2) is 0 Å². The number of rotatable bonds is 7. The molecule has 0 atom stereocenters. The molecular formula is C20H17IN2O2. The minimum absolute atomic E-state index is 0.0616. The summed E-state index contributed by atoms with van der Waals surface area (Å²) in [5.74, 6) is 0.345. The summed E-state index contributed by atoms with van der Waals surface area (Å²) in [6.07, 6.45) is 3.24. The zero-order valence-corrected chi connectivity index (χ0v) is 15.7. The van der Waals surface area contributed by atoms with E-state index in [0.29, 0.717) is 13.2 Å². The Kier molecular flexibility index (Phi) is 7.23. The molecule has 0 saturated carbocycles.